The van der Waals surface area contributed by atoms with E-state index in [0.717, 1.165) is 5.56 Å². The molecular weight excluding hydrogens is 304 g/mol. The molecule has 1 aliphatic heterocycles. The summed E-state index contributed by atoms with van der Waals surface area (Å²) >= 11 is 0. The molecule has 0 aliphatic carbocycles. The standard InChI is InChI=1S/C19H20N2O3/c22-17-5-1-3-14(11-17)12-18(23)21-9-6-15(7-10-21)19(24)16-4-2-8-20-13-16/h1-5,8,11,13,15,22H,6-7,9-10,12H2. The third-order valence-corrected chi connectivity index (χ3v) is 4.43. The second-order valence-corrected chi connectivity index (χ2v) is 6.11. The van der Waals surface area contributed by atoms with Gasteiger partial charge in [0, 0.05) is 37.0 Å². The van der Waals surface area contributed by atoms with Crippen molar-refractivity contribution >= 4 is 11.7 Å². The maximum atomic E-state index is 12.4. The normalized spacial score (nSPS) is 15.2. The first-order valence-corrected chi connectivity index (χ1v) is 8.13. The number of ketones is 1. The fraction of sp³-hybridized carbons (Fsp3) is 0.316. The van der Waals surface area contributed by atoms with Crippen LogP contribution in [0.5, 0.6) is 5.75 Å². The Morgan fingerprint density at radius 3 is 2.62 bits per heavy atom. The van der Waals surface area contributed by atoms with Gasteiger partial charge in [-0.25, -0.2) is 0 Å². The van der Waals surface area contributed by atoms with Gasteiger partial charge in [0.2, 0.25) is 5.91 Å². The minimum absolute atomic E-state index is 0.0351. The summed E-state index contributed by atoms with van der Waals surface area (Å²) in [6, 6.07) is 10.3. The molecule has 0 radical (unpaired) electrons. The smallest absolute Gasteiger partial charge is 0.226 e. The molecule has 0 atom stereocenters. The molecule has 1 N–H and O–H groups in total. The van der Waals surface area contributed by atoms with Gasteiger partial charge in [0.25, 0.3) is 0 Å². The summed E-state index contributed by atoms with van der Waals surface area (Å²) in [5, 5.41) is 9.47. The van der Waals surface area contributed by atoms with E-state index >= 15 is 0 Å². The molecule has 1 fully saturated rings. The highest BCUT2D eigenvalue weighted by molar-refractivity contribution is 5.97. The Labute approximate surface area is 140 Å². The summed E-state index contributed by atoms with van der Waals surface area (Å²) in [5.41, 5.74) is 1.44. The van der Waals surface area contributed by atoms with E-state index in [9.17, 15) is 14.7 Å². The van der Waals surface area contributed by atoms with Crippen molar-refractivity contribution in [3.8, 4) is 5.75 Å². The number of carbonyl (C=O) groups is 2. The van der Waals surface area contributed by atoms with Crippen molar-refractivity contribution in [3.05, 3.63) is 59.9 Å². The van der Waals surface area contributed by atoms with E-state index < -0.39 is 0 Å². The van der Waals surface area contributed by atoms with Crippen LogP contribution in [-0.4, -0.2) is 39.8 Å². The number of benzene rings is 1. The highest BCUT2D eigenvalue weighted by Gasteiger charge is 2.27. The summed E-state index contributed by atoms with van der Waals surface area (Å²) in [7, 11) is 0. The largest absolute Gasteiger partial charge is 0.508 e. The van der Waals surface area contributed by atoms with Crippen LogP contribution in [0.2, 0.25) is 0 Å². The van der Waals surface area contributed by atoms with Gasteiger partial charge in [0.15, 0.2) is 5.78 Å². The summed E-state index contributed by atoms with van der Waals surface area (Å²) in [5.74, 6) is 0.274. The van der Waals surface area contributed by atoms with Gasteiger partial charge in [-0.2, -0.15) is 0 Å². The maximum absolute atomic E-state index is 12.4. The third-order valence-electron chi connectivity index (χ3n) is 4.43. The van der Waals surface area contributed by atoms with Crippen LogP contribution >= 0.6 is 0 Å². The molecule has 0 spiro atoms. The number of pyridine rings is 1. The van der Waals surface area contributed by atoms with Crippen LogP contribution < -0.4 is 0 Å². The van der Waals surface area contributed by atoms with E-state index in [-0.39, 0.29) is 29.8 Å². The number of amides is 1. The molecule has 5 heteroatoms. The molecule has 1 saturated heterocycles. The van der Waals surface area contributed by atoms with Crippen molar-refractivity contribution in [1.82, 2.24) is 9.88 Å². The van der Waals surface area contributed by atoms with E-state index in [1.807, 2.05) is 6.07 Å². The highest BCUT2D eigenvalue weighted by Crippen LogP contribution is 2.22. The van der Waals surface area contributed by atoms with Gasteiger partial charge in [-0.05, 0) is 42.7 Å². The molecule has 124 valence electrons. The van der Waals surface area contributed by atoms with Crippen molar-refractivity contribution in [1.29, 1.82) is 0 Å². The quantitative estimate of drug-likeness (QED) is 0.877. The van der Waals surface area contributed by atoms with Gasteiger partial charge < -0.3 is 10.0 Å². The zero-order valence-corrected chi connectivity index (χ0v) is 13.4. The second-order valence-electron chi connectivity index (χ2n) is 6.11. The van der Waals surface area contributed by atoms with E-state index in [4.69, 9.17) is 0 Å². The van der Waals surface area contributed by atoms with E-state index in [1.54, 1.807) is 47.6 Å². The van der Waals surface area contributed by atoms with Crippen LogP contribution in [0, 0.1) is 5.92 Å². The number of phenolic OH excluding ortho intramolecular Hbond substituents is 1. The molecule has 1 amide bonds. The summed E-state index contributed by atoms with van der Waals surface area (Å²) in [4.78, 5) is 30.6. The molecule has 0 saturated carbocycles. The number of hydrogen-bond acceptors (Lipinski definition) is 4. The van der Waals surface area contributed by atoms with Crippen LogP contribution in [-0.2, 0) is 11.2 Å². The molecule has 0 bridgehead atoms. The number of carbonyl (C=O) groups excluding carboxylic acids is 2. The number of phenols is 1. The lowest BCUT2D eigenvalue weighted by atomic mass is 9.89. The van der Waals surface area contributed by atoms with Gasteiger partial charge in [-0.3, -0.25) is 14.6 Å². The van der Waals surface area contributed by atoms with E-state index in [1.165, 1.54) is 0 Å². The number of rotatable bonds is 4. The average Bonchev–Trinajstić information content (AvgIpc) is 2.62. The van der Waals surface area contributed by atoms with Crippen LogP contribution in [0.3, 0.4) is 0 Å². The lowest BCUT2D eigenvalue weighted by Crippen LogP contribution is -2.41. The first kappa shape index (κ1) is 16.2. The maximum Gasteiger partial charge on any atom is 0.226 e. The van der Waals surface area contributed by atoms with E-state index in [2.05, 4.69) is 4.98 Å². The van der Waals surface area contributed by atoms with Crippen LogP contribution in [0.25, 0.3) is 0 Å². The molecule has 3 rings (SSSR count). The van der Waals surface area contributed by atoms with Crippen molar-refractivity contribution < 1.29 is 14.7 Å². The van der Waals surface area contributed by atoms with Crippen molar-refractivity contribution in [2.75, 3.05) is 13.1 Å². The summed E-state index contributed by atoms with van der Waals surface area (Å²) in [6.07, 6.45) is 4.88. The summed E-state index contributed by atoms with van der Waals surface area (Å²) < 4.78 is 0. The molecular formula is C19H20N2O3. The predicted molar refractivity (Wildman–Crippen MR) is 89.7 cm³/mol. The third kappa shape index (κ3) is 3.79. The molecule has 2 heterocycles. The lowest BCUT2D eigenvalue weighted by molar-refractivity contribution is -0.131. The van der Waals surface area contributed by atoms with Crippen molar-refractivity contribution in [2.45, 2.75) is 19.3 Å². The Bertz CT molecular complexity index is 722. The second kappa shape index (κ2) is 7.25. The van der Waals surface area contributed by atoms with Gasteiger partial charge in [-0.1, -0.05) is 12.1 Å². The summed E-state index contributed by atoms with van der Waals surface area (Å²) in [6.45, 7) is 1.18. The fourth-order valence-corrected chi connectivity index (χ4v) is 3.09. The van der Waals surface area contributed by atoms with Gasteiger partial charge in [-0.15, -0.1) is 0 Å². The topological polar surface area (TPSA) is 70.5 Å². The zero-order chi connectivity index (χ0) is 16.9. The van der Waals surface area contributed by atoms with Crippen LogP contribution in [0.1, 0.15) is 28.8 Å². The number of likely N-dealkylation sites (tertiary alicyclic amines) is 1. The molecule has 5 nitrogen and oxygen atoms in total. The van der Waals surface area contributed by atoms with Gasteiger partial charge in [0.1, 0.15) is 5.75 Å². The number of aromatic hydroxyl groups is 1. The molecule has 1 aromatic carbocycles. The Balaban J connectivity index is 1.55. The SMILES string of the molecule is O=C(c1cccnc1)C1CCN(C(=O)Cc2cccc(O)c2)CC1. The number of hydrogen-bond donors (Lipinski definition) is 1. The Hall–Kier alpha value is -2.69. The average molecular weight is 324 g/mol. The molecule has 1 aromatic heterocycles. The van der Waals surface area contributed by atoms with Gasteiger partial charge >= 0.3 is 0 Å². The lowest BCUT2D eigenvalue weighted by Gasteiger charge is -2.31. The van der Waals surface area contributed by atoms with Crippen molar-refractivity contribution in [2.24, 2.45) is 5.92 Å². The Morgan fingerprint density at radius 1 is 1.17 bits per heavy atom. The minimum atomic E-state index is -0.0426. The Kier molecular flexibility index (Phi) is 4.89. The first-order valence-electron chi connectivity index (χ1n) is 8.13. The zero-order valence-electron chi connectivity index (χ0n) is 13.4. The molecule has 24 heavy (non-hydrogen) atoms. The molecule has 1 aliphatic rings. The fourth-order valence-electron chi connectivity index (χ4n) is 3.09. The number of aromatic nitrogens is 1. The minimum Gasteiger partial charge on any atom is -0.508 e. The number of Topliss-reactive ketones (excluding diaryl/α,β-unsaturated/α-hetero) is 1. The van der Waals surface area contributed by atoms with Crippen LogP contribution in [0.15, 0.2) is 48.8 Å². The highest BCUT2D eigenvalue weighted by atomic mass is 16.3. The monoisotopic (exact) mass is 324 g/mol. The Morgan fingerprint density at radius 2 is 1.96 bits per heavy atom. The number of nitrogens with zero attached hydrogens (tertiary/aromatic N) is 2. The van der Waals surface area contributed by atoms with Gasteiger partial charge in [0.05, 0.1) is 6.42 Å². The van der Waals surface area contributed by atoms with Crippen LogP contribution in [0.4, 0.5) is 0 Å². The molecule has 0 unspecified atom stereocenters. The van der Waals surface area contributed by atoms with E-state index in [0.29, 0.717) is 31.5 Å². The first-order chi connectivity index (χ1) is 11.6. The predicted octanol–water partition coefficient (Wildman–Crippen LogP) is 2.45. The number of piperidine rings is 1. The van der Waals surface area contributed by atoms with Crippen molar-refractivity contribution in [3.63, 3.8) is 0 Å². The molecule has 2 aromatic rings.